The van der Waals surface area contributed by atoms with Gasteiger partial charge in [0.15, 0.2) is 11.5 Å². The second-order valence-corrected chi connectivity index (χ2v) is 6.10. The molecule has 4 nitrogen and oxygen atoms in total. The lowest BCUT2D eigenvalue weighted by molar-refractivity contribution is 0.269. The minimum atomic E-state index is 0.253. The van der Waals surface area contributed by atoms with Crippen molar-refractivity contribution in [1.82, 2.24) is 5.32 Å². The Labute approximate surface area is 150 Å². The summed E-state index contributed by atoms with van der Waals surface area (Å²) in [5.74, 6) is 1.55. The molecule has 0 saturated carbocycles. The first-order valence-electron chi connectivity index (χ1n) is 8.98. The fourth-order valence-electron chi connectivity index (χ4n) is 2.61. The molecule has 4 heteroatoms. The van der Waals surface area contributed by atoms with Gasteiger partial charge in [0.25, 0.3) is 0 Å². The summed E-state index contributed by atoms with van der Waals surface area (Å²) in [6, 6.07) is 14.4. The number of aliphatic hydroxyl groups is 1. The molecule has 0 saturated heterocycles. The molecule has 0 heterocycles. The Bertz CT molecular complexity index is 643. The minimum absolute atomic E-state index is 0.253. The SMILES string of the molecule is CCOc1cc(CNCCCCO)ccc1OCc1cccc(C)c1. The highest BCUT2D eigenvalue weighted by atomic mass is 16.5. The van der Waals surface area contributed by atoms with Gasteiger partial charge in [-0.25, -0.2) is 0 Å². The molecule has 0 aliphatic carbocycles. The van der Waals surface area contributed by atoms with Crippen LogP contribution in [0.15, 0.2) is 42.5 Å². The normalized spacial score (nSPS) is 10.7. The Morgan fingerprint density at radius 1 is 0.960 bits per heavy atom. The molecule has 0 aliphatic rings. The maximum atomic E-state index is 8.80. The fourth-order valence-corrected chi connectivity index (χ4v) is 2.61. The van der Waals surface area contributed by atoms with Crippen LogP contribution in [-0.4, -0.2) is 24.9 Å². The van der Waals surface area contributed by atoms with E-state index in [4.69, 9.17) is 14.6 Å². The summed E-state index contributed by atoms with van der Waals surface area (Å²) in [4.78, 5) is 0. The van der Waals surface area contributed by atoms with Crippen LogP contribution in [0.1, 0.15) is 36.5 Å². The predicted molar refractivity (Wildman–Crippen MR) is 101 cm³/mol. The Morgan fingerprint density at radius 3 is 2.60 bits per heavy atom. The van der Waals surface area contributed by atoms with Gasteiger partial charge in [0.2, 0.25) is 0 Å². The van der Waals surface area contributed by atoms with Crippen molar-refractivity contribution in [2.45, 2.75) is 39.8 Å². The molecule has 0 fully saturated rings. The molecule has 0 amide bonds. The highest BCUT2D eigenvalue weighted by molar-refractivity contribution is 5.43. The van der Waals surface area contributed by atoms with Crippen LogP contribution in [-0.2, 0) is 13.2 Å². The molecule has 0 unspecified atom stereocenters. The first kappa shape index (κ1) is 19.3. The molecule has 0 aromatic heterocycles. The van der Waals surface area contributed by atoms with E-state index in [0.717, 1.165) is 48.6 Å². The molecule has 0 spiro atoms. The van der Waals surface area contributed by atoms with Crippen molar-refractivity contribution in [2.75, 3.05) is 19.8 Å². The van der Waals surface area contributed by atoms with Crippen molar-refractivity contribution in [3.8, 4) is 11.5 Å². The van der Waals surface area contributed by atoms with Crippen molar-refractivity contribution < 1.29 is 14.6 Å². The van der Waals surface area contributed by atoms with Crippen molar-refractivity contribution in [2.24, 2.45) is 0 Å². The van der Waals surface area contributed by atoms with E-state index in [2.05, 4.69) is 36.5 Å². The lowest BCUT2D eigenvalue weighted by Gasteiger charge is -2.14. The van der Waals surface area contributed by atoms with Gasteiger partial charge in [0, 0.05) is 13.2 Å². The van der Waals surface area contributed by atoms with Gasteiger partial charge in [-0.2, -0.15) is 0 Å². The zero-order chi connectivity index (χ0) is 17.9. The third kappa shape index (κ3) is 6.77. The third-order valence-corrected chi connectivity index (χ3v) is 3.88. The predicted octanol–water partition coefficient (Wildman–Crippen LogP) is 3.83. The lowest BCUT2D eigenvalue weighted by Crippen LogP contribution is -2.15. The molecule has 2 aromatic carbocycles. The van der Waals surface area contributed by atoms with Gasteiger partial charge < -0.3 is 19.9 Å². The highest BCUT2D eigenvalue weighted by Crippen LogP contribution is 2.29. The number of ether oxygens (including phenoxy) is 2. The summed E-state index contributed by atoms with van der Waals surface area (Å²) in [5.41, 5.74) is 3.54. The van der Waals surface area contributed by atoms with Crippen molar-refractivity contribution >= 4 is 0 Å². The van der Waals surface area contributed by atoms with Gasteiger partial charge in [-0.3, -0.25) is 0 Å². The van der Waals surface area contributed by atoms with E-state index >= 15 is 0 Å². The van der Waals surface area contributed by atoms with Crippen LogP contribution in [0, 0.1) is 6.92 Å². The van der Waals surface area contributed by atoms with E-state index in [1.54, 1.807) is 0 Å². The molecule has 136 valence electrons. The smallest absolute Gasteiger partial charge is 0.161 e. The number of nitrogens with one attached hydrogen (secondary N) is 1. The van der Waals surface area contributed by atoms with Crippen molar-refractivity contribution in [1.29, 1.82) is 0 Å². The summed E-state index contributed by atoms with van der Waals surface area (Å²) < 4.78 is 11.7. The fraction of sp³-hybridized carbons (Fsp3) is 0.429. The van der Waals surface area contributed by atoms with Gasteiger partial charge in [-0.1, -0.05) is 35.9 Å². The van der Waals surface area contributed by atoms with Crippen molar-refractivity contribution in [3.05, 3.63) is 59.2 Å². The number of hydrogen-bond donors (Lipinski definition) is 2. The zero-order valence-corrected chi connectivity index (χ0v) is 15.3. The van der Waals surface area contributed by atoms with Gasteiger partial charge in [0.1, 0.15) is 6.61 Å². The van der Waals surface area contributed by atoms with E-state index in [-0.39, 0.29) is 6.61 Å². The topological polar surface area (TPSA) is 50.7 Å². The Balaban J connectivity index is 1.95. The monoisotopic (exact) mass is 343 g/mol. The third-order valence-electron chi connectivity index (χ3n) is 3.88. The van der Waals surface area contributed by atoms with Crippen LogP contribution in [0.3, 0.4) is 0 Å². The molecule has 0 bridgehead atoms. The molecular formula is C21H29NO3. The van der Waals surface area contributed by atoms with Crippen LogP contribution >= 0.6 is 0 Å². The number of unbranched alkanes of at least 4 members (excludes halogenated alkanes) is 1. The minimum Gasteiger partial charge on any atom is -0.490 e. The number of aryl methyl sites for hydroxylation is 1. The summed E-state index contributed by atoms with van der Waals surface area (Å²) in [5, 5.41) is 12.2. The molecule has 2 rings (SSSR count). The average molecular weight is 343 g/mol. The molecular weight excluding hydrogens is 314 g/mol. The van der Waals surface area contributed by atoms with Gasteiger partial charge >= 0.3 is 0 Å². The largest absolute Gasteiger partial charge is 0.490 e. The van der Waals surface area contributed by atoms with E-state index in [1.807, 2.05) is 25.1 Å². The summed E-state index contributed by atoms with van der Waals surface area (Å²) in [6.07, 6.45) is 1.81. The quantitative estimate of drug-likeness (QED) is 0.609. The van der Waals surface area contributed by atoms with Crippen LogP contribution in [0.25, 0.3) is 0 Å². The second-order valence-electron chi connectivity index (χ2n) is 6.10. The highest BCUT2D eigenvalue weighted by Gasteiger charge is 2.07. The molecule has 25 heavy (non-hydrogen) atoms. The van der Waals surface area contributed by atoms with E-state index in [0.29, 0.717) is 13.2 Å². The number of aliphatic hydroxyl groups excluding tert-OH is 1. The second kappa shape index (κ2) is 10.7. The van der Waals surface area contributed by atoms with Gasteiger partial charge in [-0.15, -0.1) is 0 Å². The lowest BCUT2D eigenvalue weighted by atomic mass is 10.1. The Kier molecular flexibility index (Phi) is 8.29. The Morgan fingerprint density at radius 2 is 1.84 bits per heavy atom. The van der Waals surface area contributed by atoms with E-state index in [9.17, 15) is 0 Å². The molecule has 2 N–H and O–H groups in total. The van der Waals surface area contributed by atoms with Crippen LogP contribution in [0.4, 0.5) is 0 Å². The van der Waals surface area contributed by atoms with Gasteiger partial charge in [0.05, 0.1) is 6.61 Å². The van der Waals surface area contributed by atoms with Crippen LogP contribution in [0.2, 0.25) is 0 Å². The maximum absolute atomic E-state index is 8.80. The zero-order valence-electron chi connectivity index (χ0n) is 15.3. The molecule has 0 aliphatic heterocycles. The summed E-state index contributed by atoms with van der Waals surface area (Å²) in [6.45, 7) is 7.12. The van der Waals surface area contributed by atoms with Crippen LogP contribution < -0.4 is 14.8 Å². The number of rotatable bonds is 11. The first-order chi connectivity index (χ1) is 12.2. The standard InChI is InChI=1S/C21H29NO3/c1-3-24-21-14-18(15-22-11-4-5-12-23)9-10-20(21)25-16-19-8-6-7-17(2)13-19/h6-10,13-14,22-23H,3-5,11-12,15-16H2,1-2H3. The average Bonchev–Trinajstić information content (AvgIpc) is 2.61. The number of benzene rings is 2. The summed E-state index contributed by atoms with van der Waals surface area (Å²) in [7, 11) is 0. The molecule has 0 radical (unpaired) electrons. The Hall–Kier alpha value is -2.04. The maximum Gasteiger partial charge on any atom is 0.161 e. The molecule has 2 aromatic rings. The molecule has 0 atom stereocenters. The summed E-state index contributed by atoms with van der Waals surface area (Å²) >= 11 is 0. The van der Waals surface area contributed by atoms with Crippen molar-refractivity contribution in [3.63, 3.8) is 0 Å². The van der Waals surface area contributed by atoms with E-state index < -0.39 is 0 Å². The van der Waals surface area contributed by atoms with Gasteiger partial charge in [-0.05, 0) is 56.5 Å². The van der Waals surface area contributed by atoms with Crippen LogP contribution in [0.5, 0.6) is 11.5 Å². The first-order valence-corrected chi connectivity index (χ1v) is 8.98. The number of hydrogen-bond acceptors (Lipinski definition) is 4. The van der Waals surface area contributed by atoms with E-state index in [1.165, 1.54) is 5.56 Å².